The van der Waals surface area contributed by atoms with Crippen molar-refractivity contribution in [2.75, 3.05) is 7.11 Å². The van der Waals surface area contributed by atoms with E-state index in [0.717, 1.165) is 29.0 Å². The average Bonchev–Trinajstić information content (AvgIpc) is 3.03. The van der Waals surface area contributed by atoms with Crippen molar-refractivity contribution in [3.8, 4) is 5.75 Å². The molecular formula is C21H27N3O. The van der Waals surface area contributed by atoms with Gasteiger partial charge in [-0.15, -0.1) is 0 Å². The minimum Gasteiger partial charge on any atom is -0.496 e. The predicted molar refractivity (Wildman–Crippen MR) is 103 cm³/mol. The molecule has 0 aliphatic rings. The number of para-hydroxylation sites is 3. The van der Waals surface area contributed by atoms with Crippen molar-refractivity contribution in [2.24, 2.45) is 5.92 Å². The Morgan fingerprint density at radius 3 is 2.48 bits per heavy atom. The average molecular weight is 337 g/mol. The zero-order chi connectivity index (χ0) is 17.8. The van der Waals surface area contributed by atoms with Gasteiger partial charge in [-0.1, -0.05) is 44.2 Å². The summed E-state index contributed by atoms with van der Waals surface area (Å²) in [5, 5.41) is 3.74. The van der Waals surface area contributed by atoms with Crippen molar-refractivity contribution in [2.45, 2.75) is 39.3 Å². The van der Waals surface area contributed by atoms with Gasteiger partial charge in [0.1, 0.15) is 11.6 Å². The van der Waals surface area contributed by atoms with Gasteiger partial charge in [-0.25, -0.2) is 4.98 Å². The Morgan fingerprint density at radius 2 is 1.76 bits per heavy atom. The number of rotatable bonds is 7. The van der Waals surface area contributed by atoms with Gasteiger partial charge in [0.2, 0.25) is 0 Å². The largest absolute Gasteiger partial charge is 0.496 e. The summed E-state index contributed by atoms with van der Waals surface area (Å²) in [5.74, 6) is 2.38. The summed E-state index contributed by atoms with van der Waals surface area (Å²) in [6.07, 6.45) is 0.910. The SMILES string of the molecule is COc1ccccc1C[C@H](C)N[C@H](c1nc2ccccc2[nH]1)C(C)C. The normalized spacial score (nSPS) is 14.0. The number of aromatic amines is 1. The summed E-state index contributed by atoms with van der Waals surface area (Å²) < 4.78 is 5.48. The van der Waals surface area contributed by atoms with E-state index in [0.29, 0.717) is 12.0 Å². The third-order valence-electron chi connectivity index (χ3n) is 4.55. The molecule has 4 heteroatoms. The lowest BCUT2D eigenvalue weighted by Gasteiger charge is -2.25. The van der Waals surface area contributed by atoms with Crippen LogP contribution in [0.3, 0.4) is 0 Å². The first kappa shape index (κ1) is 17.5. The summed E-state index contributed by atoms with van der Waals surface area (Å²) in [4.78, 5) is 8.26. The molecular weight excluding hydrogens is 310 g/mol. The van der Waals surface area contributed by atoms with E-state index in [9.17, 15) is 0 Å². The maximum atomic E-state index is 5.48. The molecule has 3 rings (SSSR count). The highest BCUT2D eigenvalue weighted by atomic mass is 16.5. The van der Waals surface area contributed by atoms with Crippen molar-refractivity contribution in [3.05, 3.63) is 59.9 Å². The second kappa shape index (κ2) is 7.70. The lowest BCUT2D eigenvalue weighted by Crippen LogP contribution is -2.35. The second-order valence-corrected chi connectivity index (χ2v) is 6.94. The number of methoxy groups -OCH3 is 1. The fourth-order valence-corrected chi connectivity index (χ4v) is 3.27. The molecule has 0 spiro atoms. The molecule has 0 aliphatic heterocycles. The molecule has 2 N–H and O–H groups in total. The number of hydrogen-bond acceptors (Lipinski definition) is 3. The highest BCUT2D eigenvalue weighted by Crippen LogP contribution is 2.24. The summed E-state index contributed by atoms with van der Waals surface area (Å²) >= 11 is 0. The van der Waals surface area contributed by atoms with E-state index < -0.39 is 0 Å². The first-order valence-electron chi connectivity index (χ1n) is 8.91. The fourth-order valence-electron chi connectivity index (χ4n) is 3.27. The Morgan fingerprint density at radius 1 is 1.04 bits per heavy atom. The number of hydrogen-bond donors (Lipinski definition) is 2. The van der Waals surface area contributed by atoms with E-state index >= 15 is 0 Å². The summed E-state index contributed by atoms with van der Waals surface area (Å²) in [6, 6.07) is 16.9. The smallest absolute Gasteiger partial charge is 0.124 e. The Balaban J connectivity index is 1.77. The summed E-state index contributed by atoms with van der Waals surface area (Å²) in [6.45, 7) is 6.66. The number of aromatic nitrogens is 2. The maximum Gasteiger partial charge on any atom is 0.124 e. The zero-order valence-electron chi connectivity index (χ0n) is 15.4. The molecule has 0 aliphatic carbocycles. The first-order valence-corrected chi connectivity index (χ1v) is 8.91. The van der Waals surface area contributed by atoms with Crippen LogP contribution in [0.5, 0.6) is 5.75 Å². The van der Waals surface area contributed by atoms with Crippen LogP contribution in [-0.4, -0.2) is 23.1 Å². The van der Waals surface area contributed by atoms with Gasteiger partial charge in [-0.05, 0) is 43.0 Å². The van der Waals surface area contributed by atoms with Gasteiger partial charge < -0.3 is 15.0 Å². The number of ether oxygens (including phenoxy) is 1. The van der Waals surface area contributed by atoms with Gasteiger partial charge in [0.05, 0.1) is 24.2 Å². The van der Waals surface area contributed by atoms with Crippen LogP contribution in [0.1, 0.15) is 38.2 Å². The van der Waals surface area contributed by atoms with E-state index in [1.54, 1.807) is 7.11 Å². The molecule has 132 valence electrons. The van der Waals surface area contributed by atoms with Crippen LogP contribution in [0.25, 0.3) is 11.0 Å². The molecule has 0 unspecified atom stereocenters. The Hall–Kier alpha value is -2.33. The van der Waals surface area contributed by atoms with E-state index in [4.69, 9.17) is 9.72 Å². The molecule has 0 saturated carbocycles. The van der Waals surface area contributed by atoms with E-state index in [2.05, 4.69) is 49.3 Å². The number of H-pyrrole nitrogens is 1. The lowest BCUT2D eigenvalue weighted by atomic mass is 10.00. The Kier molecular flexibility index (Phi) is 5.39. The number of nitrogens with zero attached hydrogens (tertiary/aromatic N) is 1. The highest BCUT2D eigenvalue weighted by molar-refractivity contribution is 5.74. The molecule has 0 fully saturated rings. The Bertz CT molecular complexity index is 792. The van der Waals surface area contributed by atoms with E-state index in [1.807, 2.05) is 30.3 Å². The molecule has 2 atom stereocenters. The van der Waals surface area contributed by atoms with Crippen LogP contribution in [0.4, 0.5) is 0 Å². The number of imidazole rings is 1. The molecule has 0 bridgehead atoms. The molecule has 25 heavy (non-hydrogen) atoms. The standard InChI is InChI=1S/C21H27N3O/c1-14(2)20(21-23-17-10-6-7-11-18(17)24-21)22-15(3)13-16-9-5-8-12-19(16)25-4/h5-12,14-15,20,22H,13H2,1-4H3,(H,23,24)/t15-,20-/m0/s1. The molecule has 1 heterocycles. The first-order chi connectivity index (χ1) is 12.1. The van der Waals surface area contributed by atoms with Gasteiger partial charge in [0, 0.05) is 6.04 Å². The highest BCUT2D eigenvalue weighted by Gasteiger charge is 2.22. The summed E-state index contributed by atoms with van der Waals surface area (Å²) in [5.41, 5.74) is 3.32. The third kappa shape index (κ3) is 4.02. The maximum absolute atomic E-state index is 5.48. The molecule has 2 aromatic carbocycles. The minimum atomic E-state index is 0.178. The van der Waals surface area contributed by atoms with Crippen molar-refractivity contribution >= 4 is 11.0 Å². The van der Waals surface area contributed by atoms with Gasteiger partial charge in [0.25, 0.3) is 0 Å². The number of benzene rings is 2. The van der Waals surface area contributed by atoms with Crippen molar-refractivity contribution in [1.29, 1.82) is 0 Å². The zero-order valence-corrected chi connectivity index (χ0v) is 15.4. The van der Waals surface area contributed by atoms with Gasteiger partial charge >= 0.3 is 0 Å². The van der Waals surface area contributed by atoms with E-state index in [1.165, 1.54) is 5.56 Å². The topological polar surface area (TPSA) is 49.9 Å². The Labute approximate surface area is 149 Å². The van der Waals surface area contributed by atoms with Crippen LogP contribution in [0, 0.1) is 5.92 Å². The summed E-state index contributed by atoms with van der Waals surface area (Å²) in [7, 11) is 1.72. The predicted octanol–water partition coefficient (Wildman–Crippen LogP) is 4.49. The minimum absolute atomic E-state index is 0.178. The quantitative estimate of drug-likeness (QED) is 0.668. The third-order valence-corrected chi connectivity index (χ3v) is 4.55. The van der Waals surface area contributed by atoms with Crippen LogP contribution in [0.15, 0.2) is 48.5 Å². The van der Waals surface area contributed by atoms with Crippen molar-refractivity contribution in [3.63, 3.8) is 0 Å². The van der Waals surface area contributed by atoms with Crippen LogP contribution in [0.2, 0.25) is 0 Å². The van der Waals surface area contributed by atoms with Gasteiger partial charge in [0.15, 0.2) is 0 Å². The van der Waals surface area contributed by atoms with Crippen LogP contribution < -0.4 is 10.1 Å². The molecule has 1 aromatic heterocycles. The molecule has 3 aromatic rings. The monoisotopic (exact) mass is 337 g/mol. The number of nitrogens with one attached hydrogen (secondary N) is 2. The van der Waals surface area contributed by atoms with Gasteiger partial charge in [-0.3, -0.25) is 0 Å². The fraction of sp³-hybridized carbons (Fsp3) is 0.381. The van der Waals surface area contributed by atoms with Crippen LogP contribution in [-0.2, 0) is 6.42 Å². The van der Waals surface area contributed by atoms with Crippen molar-refractivity contribution < 1.29 is 4.74 Å². The molecule has 0 radical (unpaired) electrons. The molecule has 0 amide bonds. The second-order valence-electron chi connectivity index (χ2n) is 6.94. The lowest BCUT2D eigenvalue weighted by molar-refractivity contribution is 0.352. The molecule has 4 nitrogen and oxygen atoms in total. The van der Waals surface area contributed by atoms with Gasteiger partial charge in [-0.2, -0.15) is 0 Å². The number of fused-ring (bicyclic) bond motifs is 1. The molecule has 0 saturated heterocycles. The van der Waals surface area contributed by atoms with Crippen molar-refractivity contribution in [1.82, 2.24) is 15.3 Å². The van der Waals surface area contributed by atoms with E-state index in [-0.39, 0.29) is 6.04 Å². The van der Waals surface area contributed by atoms with Crippen LogP contribution >= 0.6 is 0 Å².